The summed E-state index contributed by atoms with van der Waals surface area (Å²) in [6, 6.07) is 13.3. The molecular formula is C21H20F2N2O4S. The molecule has 30 heavy (non-hydrogen) atoms. The van der Waals surface area contributed by atoms with Crippen LogP contribution >= 0.6 is 11.8 Å². The van der Waals surface area contributed by atoms with Gasteiger partial charge in [0.05, 0.1) is 5.92 Å². The largest absolute Gasteiger partial charge is 0.455 e. The average molecular weight is 434 g/mol. The van der Waals surface area contributed by atoms with Crippen LogP contribution in [0.25, 0.3) is 0 Å². The molecule has 1 fully saturated rings. The highest BCUT2D eigenvalue weighted by Gasteiger charge is 2.36. The molecule has 2 aromatic rings. The van der Waals surface area contributed by atoms with Crippen molar-refractivity contribution in [2.45, 2.75) is 24.0 Å². The second-order valence-corrected chi connectivity index (χ2v) is 7.86. The zero-order chi connectivity index (χ0) is 21.7. The molecule has 1 aliphatic heterocycles. The van der Waals surface area contributed by atoms with Crippen molar-refractivity contribution in [3.05, 3.63) is 54.1 Å². The molecule has 9 heteroatoms. The number of halogens is 2. The molecule has 2 aromatic carbocycles. The van der Waals surface area contributed by atoms with Gasteiger partial charge in [-0.1, -0.05) is 29.5 Å². The van der Waals surface area contributed by atoms with E-state index >= 15 is 0 Å². The third-order valence-electron chi connectivity index (χ3n) is 4.51. The first kappa shape index (κ1) is 21.8. The summed E-state index contributed by atoms with van der Waals surface area (Å²) >= 11 is 0.407. The Morgan fingerprint density at radius 3 is 2.47 bits per heavy atom. The number of nitrogens with one attached hydrogen (secondary N) is 1. The summed E-state index contributed by atoms with van der Waals surface area (Å²) < 4.78 is 29.7. The smallest absolute Gasteiger partial charge is 0.311 e. The lowest BCUT2D eigenvalue weighted by Gasteiger charge is -2.16. The Kier molecular flexibility index (Phi) is 7.04. The number of amides is 2. The van der Waals surface area contributed by atoms with Gasteiger partial charge >= 0.3 is 5.97 Å². The lowest BCUT2D eigenvalue weighted by atomic mass is 10.1. The number of thioether (sulfide) groups is 1. The first-order valence-electron chi connectivity index (χ1n) is 9.20. The number of rotatable bonds is 7. The van der Waals surface area contributed by atoms with Crippen LogP contribution in [0.1, 0.15) is 12.0 Å². The minimum atomic E-state index is -2.52. The standard InChI is InChI=1S/C21H20F2N2O4S/c1-13-2-6-16(7-3-13)25-11-14(10-19(25)27)20(28)29-12-18(26)24-15-4-8-17(9-5-15)30-21(22)23/h2-9,14,21H,10-12H2,1H3,(H,24,26). The predicted molar refractivity (Wildman–Crippen MR) is 110 cm³/mol. The second kappa shape index (κ2) is 9.71. The maximum absolute atomic E-state index is 12.3. The molecule has 3 rings (SSSR count). The number of anilines is 2. The minimum Gasteiger partial charge on any atom is -0.455 e. The van der Waals surface area contributed by atoms with E-state index in [-0.39, 0.29) is 18.9 Å². The highest BCUT2D eigenvalue weighted by molar-refractivity contribution is 7.99. The van der Waals surface area contributed by atoms with Crippen LogP contribution in [-0.4, -0.2) is 36.7 Å². The van der Waals surface area contributed by atoms with Crippen LogP contribution in [0.15, 0.2) is 53.4 Å². The van der Waals surface area contributed by atoms with Crippen LogP contribution in [0.4, 0.5) is 20.2 Å². The number of hydrogen-bond acceptors (Lipinski definition) is 5. The number of nitrogens with zero attached hydrogens (tertiary/aromatic N) is 1. The Morgan fingerprint density at radius 1 is 1.17 bits per heavy atom. The Morgan fingerprint density at radius 2 is 1.83 bits per heavy atom. The highest BCUT2D eigenvalue weighted by Crippen LogP contribution is 2.27. The maximum Gasteiger partial charge on any atom is 0.311 e. The summed E-state index contributed by atoms with van der Waals surface area (Å²) in [4.78, 5) is 38.4. The van der Waals surface area contributed by atoms with Gasteiger partial charge in [0.1, 0.15) is 0 Å². The van der Waals surface area contributed by atoms with Gasteiger partial charge in [0.2, 0.25) is 5.91 Å². The molecule has 0 aromatic heterocycles. The van der Waals surface area contributed by atoms with Crippen LogP contribution in [-0.2, 0) is 19.1 Å². The molecule has 1 atom stereocenters. The van der Waals surface area contributed by atoms with E-state index in [2.05, 4.69) is 5.32 Å². The van der Waals surface area contributed by atoms with Gasteiger partial charge in [0.25, 0.3) is 11.7 Å². The van der Waals surface area contributed by atoms with Crippen LogP contribution in [0.3, 0.4) is 0 Å². The van der Waals surface area contributed by atoms with Crippen molar-refractivity contribution in [3.63, 3.8) is 0 Å². The van der Waals surface area contributed by atoms with E-state index < -0.39 is 30.2 Å². The molecule has 6 nitrogen and oxygen atoms in total. The fraction of sp³-hybridized carbons (Fsp3) is 0.286. The molecule has 1 saturated heterocycles. The summed E-state index contributed by atoms with van der Waals surface area (Å²) in [5.41, 5.74) is 2.18. The molecule has 0 radical (unpaired) electrons. The third kappa shape index (κ3) is 5.79. The summed E-state index contributed by atoms with van der Waals surface area (Å²) in [6.07, 6.45) is 0.0254. The fourth-order valence-electron chi connectivity index (χ4n) is 3.01. The van der Waals surface area contributed by atoms with Gasteiger partial charge in [0.15, 0.2) is 6.61 Å². The molecule has 0 saturated carbocycles. The molecule has 0 spiro atoms. The predicted octanol–water partition coefficient (Wildman–Crippen LogP) is 3.84. The van der Waals surface area contributed by atoms with Crippen LogP contribution < -0.4 is 10.2 Å². The monoisotopic (exact) mass is 434 g/mol. The molecular weight excluding hydrogens is 414 g/mol. The molecule has 0 bridgehead atoms. The fourth-order valence-corrected chi connectivity index (χ4v) is 3.51. The van der Waals surface area contributed by atoms with Crippen molar-refractivity contribution < 1.29 is 27.9 Å². The van der Waals surface area contributed by atoms with Gasteiger partial charge in [-0.3, -0.25) is 14.4 Å². The van der Waals surface area contributed by atoms with E-state index in [9.17, 15) is 23.2 Å². The van der Waals surface area contributed by atoms with E-state index in [0.29, 0.717) is 28.0 Å². The first-order valence-corrected chi connectivity index (χ1v) is 10.1. The van der Waals surface area contributed by atoms with E-state index in [4.69, 9.17) is 4.74 Å². The van der Waals surface area contributed by atoms with Gasteiger partial charge in [-0.2, -0.15) is 8.78 Å². The number of benzene rings is 2. The number of esters is 1. The summed E-state index contributed by atoms with van der Waals surface area (Å²) in [6.45, 7) is 1.64. The molecule has 1 N–H and O–H groups in total. The van der Waals surface area contributed by atoms with Crippen LogP contribution in [0.2, 0.25) is 0 Å². The second-order valence-electron chi connectivity index (χ2n) is 6.80. The normalized spacial score (nSPS) is 16.1. The van der Waals surface area contributed by atoms with Gasteiger partial charge in [-0.05, 0) is 43.3 Å². The number of alkyl halides is 2. The van der Waals surface area contributed by atoms with Crippen molar-refractivity contribution in [1.29, 1.82) is 0 Å². The summed E-state index contributed by atoms with van der Waals surface area (Å²) in [5, 5.41) is 2.53. The van der Waals surface area contributed by atoms with E-state index in [1.54, 1.807) is 0 Å². The van der Waals surface area contributed by atoms with Gasteiger partial charge < -0.3 is 15.0 Å². The van der Waals surface area contributed by atoms with Crippen molar-refractivity contribution in [2.24, 2.45) is 5.92 Å². The van der Waals surface area contributed by atoms with Crippen LogP contribution in [0, 0.1) is 12.8 Å². The van der Waals surface area contributed by atoms with Crippen molar-refractivity contribution >= 4 is 40.9 Å². The average Bonchev–Trinajstić information content (AvgIpc) is 3.09. The van der Waals surface area contributed by atoms with Crippen LogP contribution in [0.5, 0.6) is 0 Å². The Hall–Kier alpha value is -2.94. The number of hydrogen-bond donors (Lipinski definition) is 1. The summed E-state index contributed by atoms with van der Waals surface area (Å²) in [5.74, 6) is -4.51. The first-order chi connectivity index (χ1) is 14.3. The maximum atomic E-state index is 12.3. The molecule has 1 heterocycles. The Labute approximate surface area is 176 Å². The zero-order valence-electron chi connectivity index (χ0n) is 16.1. The number of carbonyl (C=O) groups is 3. The number of aryl methyl sites for hydroxylation is 1. The zero-order valence-corrected chi connectivity index (χ0v) is 17.0. The molecule has 2 amide bonds. The third-order valence-corrected chi connectivity index (χ3v) is 5.24. The van der Waals surface area contributed by atoms with Gasteiger partial charge in [-0.25, -0.2) is 0 Å². The molecule has 0 aliphatic carbocycles. The molecule has 1 aliphatic rings. The minimum absolute atomic E-state index is 0.0254. The highest BCUT2D eigenvalue weighted by atomic mass is 32.2. The summed E-state index contributed by atoms with van der Waals surface area (Å²) in [7, 11) is 0. The Balaban J connectivity index is 1.47. The number of carbonyl (C=O) groups excluding carboxylic acids is 3. The Bertz CT molecular complexity index is 920. The van der Waals surface area contributed by atoms with Crippen molar-refractivity contribution in [2.75, 3.05) is 23.4 Å². The molecule has 1 unspecified atom stereocenters. The van der Waals surface area contributed by atoms with E-state index in [0.717, 1.165) is 5.56 Å². The van der Waals surface area contributed by atoms with E-state index in [1.807, 2.05) is 31.2 Å². The van der Waals surface area contributed by atoms with Crippen molar-refractivity contribution in [3.8, 4) is 0 Å². The SMILES string of the molecule is Cc1ccc(N2CC(C(=O)OCC(=O)Nc3ccc(SC(F)F)cc3)CC2=O)cc1. The van der Waals surface area contributed by atoms with E-state index in [1.165, 1.54) is 29.2 Å². The molecule has 158 valence electrons. The van der Waals surface area contributed by atoms with Crippen molar-refractivity contribution in [1.82, 2.24) is 0 Å². The lowest BCUT2D eigenvalue weighted by molar-refractivity contribution is -0.151. The quantitative estimate of drug-likeness (QED) is 0.529. The van der Waals surface area contributed by atoms with Gasteiger partial charge in [0, 0.05) is 29.2 Å². The topological polar surface area (TPSA) is 75.7 Å². The lowest BCUT2D eigenvalue weighted by Crippen LogP contribution is -2.28. The van der Waals surface area contributed by atoms with Gasteiger partial charge in [-0.15, -0.1) is 0 Å². The number of ether oxygens (including phenoxy) is 1.